The number of allylic oxidation sites excluding steroid dienone is 2. The number of carbonyl (C=O) groups excluding carboxylic acids is 2. The average Bonchev–Trinajstić information content (AvgIpc) is 3.17. The highest BCUT2D eigenvalue weighted by atomic mass is 32.2. The van der Waals surface area contributed by atoms with Gasteiger partial charge in [0, 0.05) is 10.6 Å². The second-order valence-electron chi connectivity index (χ2n) is 5.95. The highest BCUT2D eigenvalue weighted by Gasteiger charge is 2.40. The molecule has 0 saturated heterocycles. The Hall–Kier alpha value is -1.89. The summed E-state index contributed by atoms with van der Waals surface area (Å²) in [6.07, 6.45) is 5.98. The third-order valence-corrected chi connectivity index (χ3v) is 5.01. The zero-order valence-electron chi connectivity index (χ0n) is 12.8. The van der Waals surface area contributed by atoms with Crippen molar-refractivity contribution < 1.29 is 23.1 Å². The Morgan fingerprint density at radius 3 is 2.54 bits per heavy atom. The molecule has 1 fully saturated rings. The molecule has 0 spiro atoms. The summed E-state index contributed by atoms with van der Waals surface area (Å²) in [5, 5.41) is 2.58. The van der Waals surface area contributed by atoms with Gasteiger partial charge in [-0.1, -0.05) is 23.9 Å². The van der Waals surface area contributed by atoms with Crippen LogP contribution in [0.3, 0.4) is 0 Å². The number of ether oxygens (including phenoxy) is 1. The van der Waals surface area contributed by atoms with Crippen LogP contribution in [-0.4, -0.2) is 24.2 Å². The van der Waals surface area contributed by atoms with Gasteiger partial charge in [-0.3, -0.25) is 9.59 Å². The van der Waals surface area contributed by atoms with E-state index in [1.165, 1.54) is 24.3 Å². The van der Waals surface area contributed by atoms with Crippen molar-refractivity contribution >= 4 is 29.3 Å². The topological polar surface area (TPSA) is 55.4 Å². The summed E-state index contributed by atoms with van der Waals surface area (Å²) in [6, 6.07) is 6.07. The first-order valence-electron chi connectivity index (χ1n) is 7.71. The van der Waals surface area contributed by atoms with Gasteiger partial charge in [-0.05, 0) is 48.9 Å². The monoisotopic (exact) mass is 353 g/mol. The van der Waals surface area contributed by atoms with Gasteiger partial charge < -0.3 is 10.1 Å². The van der Waals surface area contributed by atoms with Crippen LogP contribution in [0.1, 0.15) is 12.8 Å². The van der Waals surface area contributed by atoms with Gasteiger partial charge in [0.2, 0.25) is 0 Å². The Bertz CT molecular complexity index is 648. The quantitative estimate of drug-likeness (QED) is 0.481. The van der Waals surface area contributed by atoms with Crippen LogP contribution in [0.2, 0.25) is 0 Å². The minimum atomic E-state index is -2.48. The number of fused-ring (bicyclic) bond motifs is 2. The van der Waals surface area contributed by atoms with Gasteiger partial charge >= 0.3 is 5.97 Å². The number of nitrogens with one attached hydrogen (secondary N) is 1. The molecule has 3 atom stereocenters. The summed E-state index contributed by atoms with van der Waals surface area (Å²) < 4.78 is 29.6. The number of esters is 1. The summed E-state index contributed by atoms with van der Waals surface area (Å²) in [7, 11) is 0. The van der Waals surface area contributed by atoms with Crippen LogP contribution >= 0.6 is 11.8 Å². The fraction of sp³-hybridized carbons (Fsp3) is 0.412. The Balaban J connectivity index is 1.44. The number of thioether (sulfide) groups is 1. The lowest BCUT2D eigenvalue weighted by molar-refractivity contribution is -0.152. The highest BCUT2D eigenvalue weighted by Crippen LogP contribution is 2.43. The van der Waals surface area contributed by atoms with Crippen LogP contribution in [0.15, 0.2) is 41.3 Å². The van der Waals surface area contributed by atoms with Gasteiger partial charge in [-0.15, -0.1) is 0 Å². The number of alkyl halides is 2. The molecule has 1 aromatic rings. The molecule has 2 aliphatic carbocycles. The molecule has 128 valence electrons. The minimum Gasteiger partial charge on any atom is -0.455 e. The van der Waals surface area contributed by atoms with Gasteiger partial charge in [-0.2, -0.15) is 8.78 Å². The fourth-order valence-electron chi connectivity index (χ4n) is 3.21. The SMILES string of the molecule is O=C(COC(=O)[C@H]1C[C@@H]2C=C[C@H]1C2)Nc1ccc(SC(F)F)cc1. The molecule has 0 unspecified atom stereocenters. The second-order valence-corrected chi connectivity index (χ2v) is 7.01. The molecule has 4 nitrogen and oxygen atoms in total. The molecule has 1 saturated carbocycles. The van der Waals surface area contributed by atoms with E-state index < -0.39 is 11.7 Å². The molecule has 3 rings (SSSR count). The Kier molecular flexibility index (Phi) is 5.18. The molecule has 1 aromatic carbocycles. The number of hydrogen-bond donors (Lipinski definition) is 1. The first kappa shape index (κ1) is 17.0. The third-order valence-electron chi connectivity index (χ3n) is 4.29. The molecule has 1 amide bonds. The van der Waals surface area contributed by atoms with Crippen LogP contribution in [0.25, 0.3) is 0 Å². The lowest BCUT2D eigenvalue weighted by Crippen LogP contribution is -2.26. The minimum absolute atomic E-state index is 0.140. The normalized spacial score (nSPS) is 24.4. The van der Waals surface area contributed by atoms with Crippen molar-refractivity contribution in [3.63, 3.8) is 0 Å². The number of halogens is 2. The van der Waals surface area contributed by atoms with E-state index in [4.69, 9.17) is 4.74 Å². The van der Waals surface area contributed by atoms with Gasteiger partial charge in [-0.25, -0.2) is 0 Å². The second kappa shape index (κ2) is 7.34. The van der Waals surface area contributed by atoms with Gasteiger partial charge in [0.15, 0.2) is 6.61 Å². The number of anilines is 1. The van der Waals surface area contributed by atoms with Crippen LogP contribution in [0.4, 0.5) is 14.5 Å². The summed E-state index contributed by atoms with van der Waals surface area (Å²) in [5.41, 5.74) is 0.470. The molecule has 0 heterocycles. The van der Waals surface area contributed by atoms with E-state index in [-0.39, 0.29) is 24.4 Å². The van der Waals surface area contributed by atoms with E-state index in [9.17, 15) is 18.4 Å². The predicted molar refractivity (Wildman–Crippen MR) is 86.7 cm³/mol. The first-order valence-corrected chi connectivity index (χ1v) is 8.59. The maximum absolute atomic E-state index is 12.2. The molecular weight excluding hydrogens is 336 g/mol. The molecular formula is C17H17F2NO3S. The summed E-state index contributed by atoms with van der Waals surface area (Å²) in [5.74, 6) is -2.69. The van der Waals surface area contributed by atoms with E-state index in [0.717, 1.165) is 12.8 Å². The Morgan fingerprint density at radius 2 is 1.96 bits per heavy atom. The van der Waals surface area contributed by atoms with E-state index in [1.807, 2.05) is 0 Å². The summed E-state index contributed by atoms with van der Waals surface area (Å²) in [6.45, 7) is -0.343. The molecule has 0 aromatic heterocycles. The largest absolute Gasteiger partial charge is 0.455 e. The van der Waals surface area contributed by atoms with Gasteiger partial charge in [0.1, 0.15) is 0 Å². The Labute approximate surface area is 142 Å². The third kappa shape index (κ3) is 4.14. The highest BCUT2D eigenvalue weighted by molar-refractivity contribution is 7.99. The molecule has 2 aliphatic rings. The van der Waals surface area contributed by atoms with Crippen LogP contribution < -0.4 is 5.32 Å². The lowest BCUT2D eigenvalue weighted by Gasteiger charge is -2.16. The fourth-order valence-corrected chi connectivity index (χ4v) is 3.71. The molecule has 0 aliphatic heterocycles. The van der Waals surface area contributed by atoms with Crippen molar-refractivity contribution in [2.75, 3.05) is 11.9 Å². The molecule has 0 radical (unpaired) electrons. The number of hydrogen-bond acceptors (Lipinski definition) is 4. The van der Waals surface area contributed by atoms with Gasteiger partial charge in [0.25, 0.3) is 11.7 Å². The van der Waals surface area contributed by atoms with E-state index in [0.29, 0.717) is 28.3 Å². The number of carbonyl (C=O) groups is 2. The van der Waals surface area contributed by atoms with Crippen LogP contribution in [0.5, 0.6) is 0 Å². The molecule has 24 heavy (non-hydrogen) atoms. The predicted octanol–water partition coefficient (Wildman–Crippen LogP) is 3.70. The van der Waals surface area contributed by atoms with Crippen molar-refractivity contribution in [1.29, 1.82) is 0 Å². The number of rotatable bonds is 6. The lowest BCUT2D eigenvalue weighted by atomic mass is 9.94. The maximum atomic E-state index is 12.2. The van der Waals surface area contributed by atoms with E-state index in [2.05, 4.69) is 17.5 Å². The van der Waals surface area contributed by atoms with Crippen LogP contribution in [0, 0.1) is 17.8 Å². The maximum Gasteiger partial charge on any atom is 0.310 e. The molecule has 1 N–H and O–H groups in total. The standard InChI is InChI=1S/C17H17F2NO3S/c18-17(19)24-13-5-3-12(4-6-13)20-15(21)9-23-16(22)14-8-10-1-2-11(14)7-10/h1-6,10-11,14,17H,7-9H2,(H,20,21)/t10-,11+,14+/m1/s1. The first-order chi connectivity index (χ1) is 11.5. The van der Waals surface area contributed by atoms with Crippen molar-refractivity contribution in [3.05, 3.63) is 36.4 Å². The zero-order chi connectivity index (χ0) is 17.1. The Morgan fingerprint density at radius 1 is 1.21 bits per heavy atom. The average molecular weight is 353 g/mol. The van der Waals surface area contributed by atoms with Gasteiger partial charge in [0.05, 0.1) is 5.92 Å². The van der Waals surface area contributed by atoms with E-state index in [1.54, 1.807) is 0 Å². The van der Waals surface area contributed by atoms with Crippen molar-refractivity contribution in [2.24, 2.45) is 17.8 Å². The zero-order valence-corrected chi connectivity index (χ0v) is 13.6. The summed E-state index contributed by atoms with van der Waals surface area (Å²) in [4.78, 5) is 24.3. The smallest absolute Gasteiger partial charge is 0.310 e. The van der Waals surface area contributed by atoms with Crippen LogP contribution in [-0.2, 0) is 14.3 Å². The van der Waals surface area contributed by atoms with Crippen molar-refractivity contribution in [3.8, 4) is 0 Å². The van der Waals surface area contributed by atoms with Crippen molar-refractivity contribution in [2.45, 2.75) is 23.5 Å². The molecule has 7 heteroatoms. The number of amides is 1. The summed E-state index contributed by atoms with van der Waals surface area (Å²) >= 11 is 0.439. The molecule has 2 bridgehead atoms. The number of benzene rings is 1. The van der Waals surface area contributed by atoms with E-state index >= 15 is 0 Å². The van der Waals surface area contributed by atoms with Crippen molar-refractivity contribution in [1.82, 2.24) is 0 Å².